The van der Waals surface area contributed by atoms with Gasteiger partial charge >= 0.3 is 0 Å². The molecule has 0 fully saturated rings. The molecular formula is C9H7F2N3. The Morgan fingerprint density at radius 1 is 1.36 bits per heavy atom. The number of hydrogen-bond acceptors (Lipinski definition) is 2. The van der Waals surface area contributed by atoms with Crippen LogP contribution in [0.25, 0.3) is 11.4 Å². The van der Waals surface area contributed by atoms with E-state index < -0.39 is 11.8 Å². The highest BCUT2D eigenvalue weighted by atomic mass is 19.2. The Labute approximate surface area is 78.8 Å². The number of aryl methyl sites for hydroxylation is 1. The number of aromatic nitrogens is 3. The number of H-pyrrole nitrogens is 1. The Kier molecular flexibility index (Phi) is 1.99. The zero-order chi connectivity index (χ0) is 10.1. The monoisotopic (exact) mass is 195 g/mol. The van der Waals surface area contributed by atoms with Gasteiger partial charge in [-0.1, -0.05) is 0 Å². The maximum atomic E-state index is 13.1. The van der Waals surface area contributed by atoms with Crippen LogP contribution in [0.1, 0.15) is 5.56 Å². The zero-order valence-corrected chi connectivity index (χ0v) is 7.38. The summed E-state index contributed by atoms with van der Waals surface area (Å²) >= 11 is 0. The second-order valence-electron chi connectivity index (χ2n) is 2.92. The van der Waals surface area contributed by atoms with E-state index in [9.17, 15) is 8.78 Å². The summed E-state index contributed by atoms with van der Waals surface area (Å²) in [7, 11) is 0. The van der Waals surface area contributed by atoms with Gasteiger partial charge in [-0.2, -0.15) is 13.9 Å². The molecule has 0 aliphatic rings. The first-order valence-corrected chi connectivity index (χ1v) is 4.01. The van der Waals surface area contributed by atoms with Crippen molar-refractivity contribution in [3.63, 3.8) is 0 Å². The molecule has 2 aromatic heterocycles. The van der Waals surface area contributed by atoms with Crippen molar-refractivity contribution in [2.45, 2.75) is 6.92 Å². The predicted octanol–water partition coefficient (Wildman–Crippen LogP) is 2.06. The number of hydrogen-bond donors (Lipinski definition) is 1. The first-order chi connectivity index (χ1) is 6.68. The van der Waals surface area contributed by atoms with Crippen molar-refractivity contribution in [3.8, 4) is 11.4 Å². The van der Waals surface area contributed by atoms with Gasteiger partial charge in [-0.15, -0.1) is 0 Å². The minimum atomic E-state index is -1.07. The number of rotatable bonds is 1. The molecule has 0 spiro atoms. The fraction of sp³-hybridized carbons (Fsp3) is 0.111. The van der Waals surface area contributed by atoms with Crippen LogP contribution >= 0.6 is 0 Å². The molecule has 72 valence electrons. The molecule has 2 heterocycles. The van der Waals surface area contributed by atoms with Crippen LogP contribution in [0.4, 0.5) is 8.78 Å². The summed E-state index contributed by atoms with van der Waals surface area (Å²) in [6, 6.07) is 3.41. The lowest BCUT2D eigenvalue weighted by Crippen LogP contribution is -1.87. The maximum absolute atomic E-state index is 13.1. The van der Waals surface area contributed by atoms with Gasteiger partial charge in [-0.25, -0.2) is 5.10 Å². The number of nitrogens with zero attached hydrogens (tertiary/aromatic N) is 2. The highest BCUT2D eigenvalue weighted by Crippen LogP contribution is 2.19. The van der Waals surface area contributed by atoms with Crippen molar-refractivity contribution in [1.82, 2.24) is 15.2 Å². The van der Waals surface area contributed by atoms with Crippen LogP contribution in [0, 0.1) is 18.7 Å². The van der Waals surface area contributed by atoms with E-state index in [1.807, 2.05) is 12.0 Å². The van der Waals surface area contributed by atoms with E-state index in [4.69, 9.17) is 0 Å². The molecule has 14 heavy (non-hydrogen) atoms. The van der Waals surface area contributed by atoms with Crippen molar-refractivity contribution in [3.05, 3.63) is 35.7 Å². The van der Waals surface area contributed by atoms with E-state index >= 15 is 0 Å². The Hall–Kier alpha value is -1.78. The number of halogens is 2. The van der Waals surface area contributed by atoms with Crippen molar-refractivity contribution >= 4 is 0 Å². The van der Waals surface area contributed by atoms with Crippen LogP contribution in [-0.4, -0.2) is 15.2 Å². The molecule has 0 saturated heterocycles. The molecular weight excluding hydrogens is 188 g/mol. The van der Waals surface area contributed by atoms with E-state index in [1.165, 1.54) is 6.20 Å². The summed E-state index contributed by atoms with van der Waals surface area (Å²) in [5.74, 6) is -2.06. The van der Waals surface area contributed by atoms with E-state index in [0.717, 1.165) is 5.56 Å². The molecule has 0 bridgehead atoms. The summed E-state index contributed by atoms with van der Waals surface area (Å²) in [6.07, 6.45) is 1.52. The molecule has 0 aromatic carbocycles. The van der Waals surface area contributed by atoms with Gasteiger partial charge in [-0.3, -0.25) is 4.98 Å². The molecule has 2 rings (SSSR count). The lowest BCUT2D eigenvalue weighted by Gasteiger charge is -1.96. The second kappa shape index (κ2) is 3.17. The van der Waals surface area contributed by atoms with Crippen LogP contribution < -0.4 is 0 Å². The molecule has 3 nitrogen and oxygen atoms in total. The van der Waals surface area contributed by atoms with E-state index in [1.54, 1.807) is 12.1 Å². The van der Waals surface area contributed by atoms with Crippen molar-refractivity contribution in [1.29, 1.82) is 0 Å². The Bertz CT molecular complexity index is 465. The standard InChI is InChI=1S/C9H7F2N3/c1-5-2-3-12-6(4-5)8-7(10)9(11)14-13-8/h2-4H,1H3,(H,13,14). The van der Waals surface area contributed by atoms with Crippen LogP contribution in [0.15, 0.2) is 18.3 Å². The van der Waals surface area contributed by atoms with E-state index in [-0.39, 0.29) is 5.69 Å². The normalized spacial score (nSPS) is 10.5. The van der Waals surface area contributed by atoms with Crippen LogP contribution in [0.2, 0.25) is 0 Å². The van der Waals surface area contributed by atoms with Gasteiger partial charge in [0.05, 0.1) is 5.69 Å². The third-order valence-electron chi connectivity index (χ3n) is 1.82. The molecule has 0 aliphatic heterocycles. The van der Waals surface area contributed by atoms with Crippen LogP contribution in [0.5, 0.6) is 0 Å². The van der Waals surface area contributed by atoms with Crippen LogP contribution in [0.3, 0.4) is 0 Å². The van der Waals surface area contributed by atoms with Crippen molar-refractivity contribution in [2.75, 3.05) is 0 Å². The number of aromatic amines is 1. The molecule has 0 atom stereocenters. The summed E-state index contributed by atoms with van der Waals surface area (Å²) in [4.78, 5) is 3.89. The minimum absolute atomic E-state index is 0.0915. The predicted molar refractivity (Wildman–Crippen MR) is 46.5 cm³/mol. The van der Waals surface area contributed by atoms with Crippen molar-refractivity contribution in [2.24, 2.45) is 0 Å². The minimum Gasteiger partial charge on any atom is -0.254 e. The largest absolute Gasteiger partial charge is 0.254 e. The summed E-state index contributed by atoms with van der Waals surface area (Å²) < 4.78 is 25.7. The first kappa shape index (κ1) is 8.80. The van der Waals surface area contributed by atoms with Crippen molar-refractivity contribution < 1.29 is 8.78 Å². The zero-order valence-electron chi connectivity index (χ0n) is 7.38. The summed E-state index contributed by atoms with van der Waals surface area (Å²) in [6.45, 7) is 1.84. The smallest absolute Gasteiger partial charge is 0.245 e. The highest BCUT2D eigenvalue weighted by molar-refractivity contribution is 5.54. The molecule has 5 heteroatoms. The van der Waals surface area contributed by atoms with Gasteiger partial charge in [0.25, 0.3) is 0 Å². The molecule has 0 amide bonds. The molecule has 2 aromatic rings. The summed E-state index contributed by atoms with van der Waals surface area (Å²) in [5.41, 5.74) is 1.15. The molecule has 0 unspecified atom stereocenters. The fourth-order valence-corrected chi connectivity index (χ4v) is 1.14. The Morgan fingerprint density at radius 3 is 2.71 bits per heavy atom. The fourth-order valence-electron chi connectivity index (χ4n) is 1.14. The van der Waals surface area contributed by atoms with E-state index in [2.05, 4.69) is 10.1 Å². The number of pyridine rings is 1. The SMILES string of the molecule is Cc1ccnc(-c2n[nH]c(F)c2F)c1. The average Bonchev–Trinajstić information content (AvgIpc) is 2.48. The topological polar surface area (TPSA) is 41.6 Å². The molecule has 0 saturated carbocycles. The average molecular weight is 195 g/mol. The molecule has 0 radical (unpaired) electrons. The maximum Gasteiger partial charge on any atom is 0.245 e. The number of nitrogens with one attached hydrogen (secondary N) is 1. The first-order valence-electron chi connectivity index (χ1n) is 4.01. The summed E-state index contributed by atoms with van der Waals surface area (Å²) in [5, 5.41) is 5.41. The second-order valence-corrected chi connectivity index (χ2v) is 2.92. The Balaban J connectivity index is 2.55. The van der Waals surface area contributed by atoms with E-state index in [0.29, 0.717) is 5.69 Å². The van der Waals surface area contributed by atoms with Gasteiger partial charge in [0, 0.05) is 6.20 Å². The molecule has 1 N–H and O–H groups in total. The third-order valence-corrected chi connectivity index (χ3v) is 1.82. The van der Waals surface area contributed by atoms with Crippen LogP contribution in [-0.2, 0) is 0 Å². The van der Waals surface area contributed by atoms with Gasteiger partial charge < -0.3 is 0 Å². The lowest BCUT2D eigenvalue weighted by atomic mass is 10.2. The third kappa shape index (κ3) is 1.37. The van der Waals surface area contributed by atoms with Gasteiger partial charge in [0.1, 0.15) is 5.69 Å². The lowest BCUT2D eigenvalue weighted by molar-refractivity contribution is 0.491. The molecule has 0 aliphatic carbocycles. The van der Waals surface area contributed by atoms with Gasteiger partial charge in [0.15, 0.2) is 0 Å². The quantitative estimate of drug-likeness (QED) is 0.756. The highest BCUT2D eigenvalue weighted by Gasteiger charge is 2.15. The van der Waals surface area contributed by atoms with Gasteiger partial charge in [0.2, 0.25) is 11.8 Å². The Morgan fingerprint density at radius 2 is 2.14 bits per heavy atom. The van der Waals surface area contributed by atoms with Gasteiger partial charge in [-0.05, 0) is 24.6 Å².